The van der Waals surface area contributed by atoms with Crippen LogP contribution in [0.25, 0.3) is 0 Å². The van der Waals surface area contributed by atoms with Crippen LogP contribution in [0.4, 0.5) is 0 Å². The van der Waals surface area contributed by atoms with Gasteiger partial charge in [0, 0.05) is 36.4 Å². The first-order valence-electron chi connectivity index (χ1n) is 7.65. The van der Waals surface area contributed by atoms with Crippen molar-refractivity contribution in [2.24, 2.45) is 0 Å². The third-order valence-electron chi connectivity index (χ3n) is 3.93. The molecule has 0 spiro atoms. The topological polar surface area (TPSA) is 64.1 Å². The summed E-state index contributed by atoms with van der Waals surface area (Å²) in [7, 11) is 0. The molecule has 0 unspecified atom stereocenters. The quantitative estimate of drug-likeness (QED) is 0.935. The van der Waals surface area contributed by atoms with E-state index in [-0.39, 0.29) is 5.91 Å². The van der Waals surface area contributed by atoms with E-state index in [9.17, 15) is 4.79 Å². The number of hydrogen-bond donors (Lipinski definition) is 1. The van der Waals surface area contributed by atoms with Crippen LogP contribution in [0.1, 0.15) is 40.5 Å². The van der Waals surface area contributed by atoms with E-state index >= 15 is 0 Å². The van der Waals surface area contributed by atoms with E-state index in [1.54, 1.807) is 18.2 Å². The average molecular weight is 332 g/mol. The summed E-state index contributed by atoms with van der Waals surface area (Å²) in [6.07, 6.45) is 3.33. The lowest BCUT2D eigenvalue weighted by Crippen LogP contribution is -2.24. The molecule has 3 rings (SSSR count). The summed E-state index contributed by atoms with van der Waals surface area (Å²) in [4.78, 5) is 20.7. The maximum absolute atomic E-state index is 12.3. The average Bonchev–Trinajstić information content (AvgIpc) is 2.62. The number of amides is 1. The van der Waals surface area contributed by atoms with Crippen molar-refractivity contribution in [2.45, 2.75) is 25.3 Å². The van der Waals surface area contributed by atoms with E-state index in [1.165, 1.54) is 6.33 Å². The molecule has 120 valence electrons. The van der Waals surface area contributed by atoms with Crippen LogP contribution in [0, 0.1) is 0 Å². The second-order valence-corrected chi connectivity index (χ2v) is 5.96. The molecule has 2 aromatic rings. The van der Waals surface area contributed by atoms with E-state index in [0.717, 1.165) is 37.3 Å². The first-order valence-corrected chi connectivity index (χ1v) is 8.02. The summed E-state index contributed by atoms with van der Waals surface area (Å²) in [5.74, 6) is 0.144. The number of halogens is 1. The summed E-state index contributed by atoms with van der Waals surface area (Å²) in [6.45, 7) is 1.92. The monoisotopic (exact) mass is 331 g/mol. The van der Waals surface area contributed by atoms with Crippen molar-refractivity contribution in [2.75, 3.05) is 13.2 Å². The number of nitrogens with one attached hydrogen (secondary N) is 1. The van der Waals surface area contributed by atoms with Gasteiger partial charge in [-0.2, -0.15) is 0 Å². The number of rotatable bonds is 4. The van der Waals surface area contributed by atoms with Gasteiger partial charge in [-0.1, -0.05) is 23.7 Å². The Balaban J connectivity index is 1.63. The minimum Gasteiger partial charge on any atom is -0.381 e. The second kappa shape index (κ2) is 7.53. The Morgan fingerprint density at radius 3 is 2.70 bits per heavy atom. The highest BCUT2D eigenvalue weighted by Gasteiger charge is 2.19. The molecule has 0 bridgehead atoms. The van der Waals surface area contributed by atoms with Gasteiger partial charge in [0.25, 0.3) is 5.91 Å². The van der Waals surface area contributed by atoms with Crippen molar-refractivity contribution in [1.29, 1.82) is 0 Å². The molecule has 2 heterocycles. The van der Waals surface area contributed by atoms with Gasteiger partial charge < -0.3 is 10.1 Å². The van der Waals surface area contributed by atoms with E-state index in [2.05, 4.69) is 15.3 Å². The third kappa shape index (κ3) is 4.27. The van der Waals surface area contributed by atoms with E-state index in [0.29, 0.717) is 23.2 Å². The zero-order valence-corrected chi connectivity index (χ0v) is 13.4. The molecule has 0 aliphatic carbocycles. The fourth-order valence-corrected chi connectivity index (χ4v) is 2.71. The van der Waals surface area contributed by atoms with Gasteiger partial charge in [-0.05, 0) is 36.6 Å². The molecular formula is C17H18ClN3O2. The second-order valence-electron chi connectivity index (χ2n) is 5.52. The lowest BCUT2D eigenvalue weighted by molar-refractivity contribution is 0.0844. The Morgan fingerprint density at radius 1 is 1.22 bits per heavy atom. The molecule has 1 amide bonds. The lowest BCUT2D eigenvalue weighted by Gasteiger charge is -2.21. The highest BCUT2D eigenvalue weighted by atomic mass is 35.5. The van der Waals surface area contributed by atoms with Crippen LogP contribution in [-0.4, -0.2) is 29.1 Å². The predicted molar refractivity (Wildman–Crippen MR) is 87.4 cm³/mol. The van der Waals surface area contributed by atoms with Crippen molar-refractivity contribution >= 4 is 17.5 Å². The zero-order valence-electron chi connectivity index (χ0n) is 12.7. The number of ether oxygens (including phenoxy) is 1. The number of nitrogens with zero attached hydrogens (tertiary/aromatic N) is 2. The molecule has 6 heteroatoms. The third-order valence-corrected chi connectivity index (χ3v) is 4.18. The van der Waals surface area contributed by atoms with Crippen molar-refractivity contribution in [1.82, 2.24) is 15.3 Å². The molecule has 23 heavy (non-hydrogen) atoms. The number of benzene rings is 1. The van der Waals surface area contributed by atoms with Gasteiger partial charge in [0.2, 0.25) is 0 Å². The van der Waals surface area contributed by atoms with Crippen molar-refractivity contribution in [3.8, 4) is 0 Å². The van der Waals surface area contributed by atoms with E-state index < -0.39 is 0 Å². The Kier molecular flexibility index (Phi) is 5.20. The summed E-state index contributed by atoms with van der Waals surface area (Å²) >= 11 is 5.85. The summed E-state index contributed by atoms with van der Waals surface area (Å²) in [5.41, 5.74) is 2.30. The van der Waals surface area contributed by atoms with Gasteiger partial charge in [-0.25, -0.2) is 9.97 Å². The number of carbonyl (C=O) groups is 1. The zero-order chi connectivity index (χ0) is 16.1. The molecule has 1 N–H and O–H groups in total. The minimum atomic E-state index is -0.198. The Bertz CT molecular complexity index is 670. The highest BCUT2D eigenvalue weighted by molar-refractivity contribution is 6.30. The van der Waals surface area contributed by atoms with Crippen LogP contribution in [0.5, 0.6) is 0 Å². The molecule has 1 aliphatic heterocycles. The number of carbonyl (C=O) groups excluding carboxylic acids is 1. The Labute approximate surface area is 140 Å². The van der Waals surface area contributed by atoms with Crippen LogP contribution < -0.4 is 5.32 Å². The predicted octanol–water partition coefficient (Wildman–Crippen LogP) is 2.95. The van der Waals surface area contributed by atoms with Crippen molar-refractivity contribution < 1.29 is 9.53 Å². The fraction of sp³-hybridized carbons (Fsp3) is 0.353. The van der Waals surface area contributed by atoms with Crippen molar-refractivity contribution in [3.05, 3.63) is 58.6 Å². The standard InChI is InChI=1S/C17H18ClN3O2/c18-14-3-1-12(2-4-14)10-19-17(22)16-9-15(20-11-21-16)13-5-7-23-8-6-13/h1-4,9,11,13H,5-8,10H2,(H,19,22). The van der Waals surface area contributed by atoms with Gasteiger partial charge in [0.1, 0.15) is 12.0 Å². The largest absolute Gasteiger partial charge is 0.381 e. The lowest BCUT2D eigenvalue weighted by atomic mass is 9.96. The molecule has 5 nitrogen and oxygen atoms in total. The van der Waals surface area contributed by atoms with Crippen molar-refractivity contribution in [3.63, 3.8) is 0 Å². The molecule has 1 fully saturated rings. The van der Waals surface area contributed by atoms with Crippen LogP contribution in [0.15, 0.2) is 36.7 Å². The molecule has 0 saturated carbocycles. The van der Waals surface area contributed by atoms with Crippen LogP contribution in [0.3, 0.4) is 0 Å². The molecule has 1 aromatic heterocycles. The summed E-state index contributed by atoms with van der Waals surface area (Å²) in [5, 5.41) is 3.55. The molecule has 0 radical (unpaired) electrons. The number of aromatic nitrogens is 2. The van der Waals surface area contributed by atoms with Crippen LogP contribution in [0.2, 0.25) is 5.02 Å². The Hall–Kier alpha value is -1.98. The molecule has 1 saturated heterocycles. The molecule has 1 aliphatic rings. The van der Waals surface area contributed by atoms with Crippen LogP contribution >= 0.6 is 11.6 Å². The molecule has 1 aromatic carbocycles. The first-order chi connectivity index (χ1) is 11.2. The van der Waals surface area contributed by atoms with Gasteiger partial charge in [-0.15, -0.1) is 0 Å². The van der Waals surface area contributed by atoms with Gasteiger partial charge in [-0.3, -0.25) is 4.79 Å². The molecular weight excluding hydrogens is 314 g/mol. The van der Waals surface area contributed by atoms with Gasteiger partial charge >= 0.3 is 0 Å². The van der Waals surface area contributed by atoms with Gasteiger partial charge in [0.05, 0.1) is 0 Å². The van der Waals surface area contributed by atoms with E-state index in [1.807, 2.05) is 12.1 Å². The van der Waals surface area contributed by atoms with Gasteiger partial charge in [0.15, 0.2) is 0 Å². The van der Waals surface area contributed by atoms with Crippen LogP contribution in [-0.2, 0) is 11.3 Å². The SMILES string of the molecule is O=C(NCc1ccc(Cl)cc1)c1cc(C2CCOCC2)ncn1. The number of hydrogen-bond acceptors (Lipinski definition) is 4. The maximum atomic E-state index is 12.3. The summed E-state index contributed by atoms with van der Waals surface area (Å²) in [6, 6.07) is 9.16. The Morgan fingerprint density at radius 2 is 1.96 bits per heavy atom. The maximum Gasteiger partial charge on any atom is 0.270 e. The minimum absolute atomic E-state index is 0.198. The highest BCUT2D eigenvalue weighted by Crippen LogP contribution is 2.25. The van der Waals surface area contributed by atoms with E-state index in [4.69, 9.17) is 16.3 Å². The smallest absolute Gasteiger partial charge is 0.270 e. The fourth-order valence-electron chi connectivity index (χ4n) is 2.59. The molecule has 0 atom stereocenters. The summed E-state index contributed by atoms with van der Waals surface area (Å²) < 4.78 is 5.36. The normalized spacial score (nSPS) is 15.3. The first kappa shape index (κ1) is 15.9.